The molecular formula is C22H28N2O4S. The predicted molar refractivity (Wildman–Crippen MR) is 113 cm³/mol. The van der Waals surface area contributed by atoms with E-state index in [-0.39, 0.29) is 11.7 Å². The number of amides is 1. The van der Waals surface area contributed by atoms with Crippen LogP contribution in [0.5, 0.6) is 5.75 Å². The summed E-state index contributed by atoms with van der Waals surface area (Å²) in [7, 11) is -3.31. The Kier molecular flexibility index (Phi) is 7.28. The molecule has 1 aliphatic heterocycles. The first-order valence-electron chi connectivity index (χ1n) is 10.1. The number of piperidine rings is 1. The summed E-state index contributed by atoms with van der Waals surface area (Å²) in [6.45, 7) is 4.05. The first-order valence-corrected chi connectivity index (χ1v) is 11.7. The minimum absolute atomic E-state index is 0.0311. The largest absolute Gasteiger partial charge is 0.494 e. The molecule has 2 aromatic carbocycles. The average molecular weight is 417 g/mol. The molecule has 0 atom stereocenters. The fourth-order valence-corrected chi connectivity index (χ4v) is 5.03. The van der Waals surface area contributed by atoms with Gasteiger partial charge in [0.25, 0.3) is 5.91 Å². The van der Waals surface area contributed by atoms with E-state index < -0.39 is 10.0 Å². The number of rotatable bonds is 8. The van der Waals surface area contributed by atoms with Gasteiger partial charge in [-0.05, 0) is 43.5 Å². The molecule has 0 unspecified atom stereocenters. The van der Waals surface area contributed by atoms with Crippen LogP contribution in [0.1, 0.15) is 47.7 Å². The van der Waals surface area contributed by atoms with Crippen LogP contribution in [0.4, 0.5) is 0 Å². The lowest BCUT2D eigenvalue weighted by molar-refractivity contribution is 0.0950. The molecule has 0 saturated carbocycles. The zero-order chi connectivity index (χ0) is 20.7. The minimum atomic E-state index is -3.31. The molecule has 7 heteroatoms. The fraction of sp³-hybridized carbons (Fsp3) is 0.409. The molecule has 1 saturated heterocycles. The summed E-state index contributed by atoms with van der Waals surface area (Å²) >= 11 is 0. The van der Waals surface area contributed by atoms with Crippen LogP contribution in [-0.4, -0.2) is 38.3 Å². The maximum absolute atomic E-state index is 12.6. The Labute approximate surface area is 172 Å². The van der Waals surface area contributed by atoms with E-state index in [1.807, 2.05) is 31.2 Å². The van der Waals surface area contributed by atoms with Crippen molar-refractivity contribution in [1.29, 1.82) is 0 Å². The van der Waals surface area contributed by atoms with Crippen LogP contribution in [0.3, 0.4) is 0 Å². The normalized spacial score (nSPS) is 15.1. The number of nitrogens with zero attached hydrogens (tertiary/aromatic N) is 1. The Morgan fingerprint density at radius 3 is 2.41 bits per heavy atom. The van der Waals surface area contributed by atoms with Gasteiger partial charge >= 0.3 is 0 Å². The summed E-state index contributed by atoms with van der Waals surface area (Å²) in [6.07, 6.45) is 2.93. The molecule has 1 N–H and O–H groups in total. The summed E-state index contributed by atoms with van der Waals surface area (Å²) in [5.41, 5.74) is 2.10. The molecular weight excluding hydrogens is 388 g/mol. The van der Waals surface area contributed by atoms with Crippen LogP contribution in [-0.2, 0) is 22.3 Å². The van der Waals surface area contributed by atoms with Crippen molar-refractivity contribution in [3.8, 4) is 5.75 Å². The number of hydrogen-bond donors (Lipinski definition) is 1. The third-order valence-electron chi connectivity index (χ3n) is 4.99. The highest BCUT2D eigenvalue weighted by atomic mass is 32.2. The van der Waals surface area contributed by atoms with Crippen molar-refractivity contribution < 1.29 is 17.9 Å². The maximum atomic E-state index is 12.6. The van der Waals surface area contributed by atoms with Crippen LogP contribution in [0.25, 0.3) is 0 Å². The molecule has 29 heavy (non-hydrogen) atoms. The molecule has 0 radical (unpaired) electrons. The predicted octanol–water partition coefficient (Wildman–Crippen LogP) is 3.33. The highest BCUT2D eigenvalue weighted by Gasteiger charge is 2.24. The first kappa shape index (κ1) is 21.3. The summed E-state index contributed by atoms with van der Waals surface area (Å²) in [4.78, 5) is 12.5. The molecule has 6 nitrogen and oxygen atoms in total. The molecule has 1 heterocycles. The maximum Gasteiger partial charge on any atom is 0.251 e. The van der Waals surface area contributed by atoms with E-state index >= 15 is 0 Å². The Bertz CT molecular complexity index is 920. The molecule has 0 spiro atoms. The van der Waals surface area contributed by atoms with Crippen LogP contribution >= 0.6 is 0 Å². The molecule has 156 valence electrons. The van der Waals surface area contributed by atoms with Crippen LogP contribution < -0.4 is 10.1 Å². The van der Waals surface area contributed by atoms with E-state index in [2.05, 4.69) is 5.32 Å². The van der Waals surface area contributed by atoms with Crippen molar-refractivity contribution in [2.75, 3.05) is 19.7 Å². The van der Waals surface area contributed by atoms with Crippen molar-refractivity contribution in [1.82, 2.24) is 9.62 Å². The Balaban J connectivity index is 1.59. The van der Waals surface area contributed by atoms with Gasteiger partial charge in [0.1, 0.15) is 5.75 Å². The number of carbonyl (C=O) groups is 1. The number of sulfonamides is 1. The number of para-hydroxylation sites is 1. The Morgan fingerprint density at radius 2 is 1.72 bits per heavy atom. The van der Waals surface area contributed by atoms with Gasteiger partial charge in [-0.2, -0.15) is 0 Å². The standard InChI is InChI=1S/C22H28N2O4S/c1-2-28-21-9-5-4-8-20(21)16-23-22(25)19-12-10-18(11-13-19)17-29(26,27)24-14-6-3-7-15-24/h4-5,8-13H,2-3,6-7,14-17H2,1H3,(H,23,25). The third kappa shape index (κ3) is 5.81. The first-order chi connectivity index (χ1) is 14.0. The second kappa shape index (κ2) is 9.89. The third-order valence-corrected chi connectivity index (χ3v) is 6.84. The van der Waals surface area contributed by atoms with Gasteiger partial charge in [0.15, 0.2) is 0 Å². The molecule has 1 amide bonds. The van der Waals surface area contributed by atoms with Gasteiger partial charge in [-0.15, -0.1) is 0 Å². The van der Waals surface area contributed by atoms with E-state index in [0.29, 0.717) is 37.4 Å². The van der Waals surface area contributed by atoms with Crippen LogP contribution in [0.15, 0.2) is 48.5 Å². The van der Waals surface area contributed by atoms with Crippen molar-refractivity contribution in [2.24, 2.45) is 0 Å². The van der Waals surface area contributed by atoms with Gasteiger partial charge in [-0.25, -0.2) is 12.7 Å². The van der Waals surface area contributed by atoms with E-state index in [1.54, 1.807) is 28.6 Å². The zero-order valence-corrected chi connectivity index (χ0v) is 17.6. The Hall–Kier alpha value is -2.38. The number of hydrogen-bond acceptors (Lipinski definition) is 4. The molecule has 0 bridgehead atoms. The fourth-order valence-electron chi connectivity index (χ4n) is 3.42. The topological polar surface area (TPSA) is 75.7 Å². The second-order valence-electron chi connectivity index (χ2n) is 7.14. The van der Waals surface area contributed by atoms with Gasteiger partial charge in [0, 0.05) is 30.8 Å². The lowest BCUT2D eigenvalue weighted by Crippen LogP contribution is -2.36. The quantitative estimate of drug-likeness (QED) is 0.716. The minimum Gasteiger partial charge on any atom is -0.494 e. The van der Waals surface area contributed by atoms with Crippen molar-refractivity contribution in [3.05, 3.63) is 65.2 Å². The number of benzene rings is 2. The smallest absolute Gasteiger partial charge is 0.251 e. The zero-order valence-electron chi connectivity index (χ0n) is 16.8. The summed E-state index contributed by atoms with van der Waals surface area (Å²) in [6, 6.07) is 14.4. The summed E-state index contributed by atoms with van der Waals surface area (Å²) < 4.78 is 32.3. The highest BCUT2D eigenvalue weighted by Crippen LogP contribution is 2.19. The lowest BCUT2D eigenvalue weighted by Gasteiger charge is -2.25. The SMILES string of the molecule is CCOc1ccccc1CNC(=O)c1ccc(CS(=O)(=O)N2CCCCC2)cc1. The van der Waals surface area contributed by atoms with E-state index in [9.17, 15) is 13.2 Å². The average Bonchev–Trinajstić information content (AvgIpc) is 2.74. The van der Waals surface area contributed by atoms with Crippen molar-refractivity contribution >= 4 is 15.9 Å². The number of ether oxygens (including phenoxy) is 1. The van der Waals surface area contributed by atoms with E-state index in [1.165, 1.54) is 0 Å². The van der Waals surface area contributed by atoms with E-state index in [4.69, 9.17) is 4.74 Å². The van der Waals surface area contributed by atoms with Gasteiger partial charge in [0.05, 0.1) is 12.4 Å². The van der Waals surface area contributed by atoms with Gasteiger partial charge in [0.2, 0.25) is 10.0 Å². The number of carbonyl (C=O) groups excluding carboxylic acids is 1. The molecule has 3 rings (SSSR count). The van der Waals surface area contributed by atoms with Gasteiger partial charge in [-0.3, -0.25) is 4.79 Å². The molecule has 2 aromatic rings. The summed E-state index contributed by atoms with van der Waals surface area (Å²) in [5.74, 6) is 0.520. The lowest BCUT2D eigenvalue weighted by atomic mass is 10.1. The Morgan fingerprint density at radius 1 is 1.03 bits per heavy atom. The van der Waals surface area contributed by atoms with Gasteiger partial charge in [-0.1, -0.05) is 36.8 Å². The number of nitrogens with one attached hydrogen (secondary N) is 1. The summed E-state index contributed by atoms with van der Waals surface area (Å²) in [5, 5.41) is 2.89. The molecule has 0 aliphatic carbocycles. The molecule has 1 aliphatic rings. The molecule has 0 aromatic heterocycles. The van der Waals surface area contributed by atoms with E-state index in [0.717, 1.165) is 30.6 Å². The van der Waals surface area contributed by atoms with Crippen molar-refractivity contribution in [2.45, 2.75) is 38.5 Å². The molecule has 1 fully saturated rings. The van der Waals surface area contributed by atoms with Gasteiger partial charge < -0.3 is 10.1 Å². The van der Waals surface area contributed by atoms with Crippen LogP contribution in [0.2, 0.25) is 0 Å². The monoisotopic (exact) mass is 416 g/mol. The van der Waals surface area contributed by atoms with Crippen molar-refractivity contribution in [3.63, 3.8) is 0 Å². The highest BCUT2D eigenvalue weighted by molar-refractivity contribution is 7.88. The second-order valence-corrected chi connectivity index (χ2v) is 9.11. The van der Waals surface area contributed by atoms with Crippen LogP contribution in [0, 0.1) is 0 Å².